The quantitative estimate of drug-likeness (QED) is 0.118. The van der Waals surface area contributed by atoms with Crippen LogP contribution in [0.5, 0.6) is 11.5 Å². The minimum Gasteiger partial charge on any atom is -0.458 e. The summed E-state index contributed by atoms with van der Waals surface area (Å²) < 4.78 is 118. The van der Waals surface area contributed by atoms with Gasteiger partial charge in [-0.15, -0.1) is 0 Å². The van der Waals surface area contributed by atoms with E-state index in [2.05, 4.69) is 80.2 Å². The summed E-state index contributed by atoms with van der Waals surface area (Å²) in [5, 5.41) is 3.99. The van der Waals surface area contributed by atoms with Crippen LogP contribution in [-0.2, 0) is 5.41 Å². The van der Waals surface area contributed by atoms with Gasteiger partial charge in [-0.2, -0.15) is 0 Å². The van der Waals surface area contributed by atoms with Gasteiger partial charge in [-0.3, -0.25) is 13.7 Å². The van der Waals surface area contributed by atoms with Crippen LogP contribution < -0.4 is 9.30 Å². The van der Waals surface area contributed by atoms with E-state index in [-0.39, 0.29) is 33.2 Å². The van der Waals surface area contributed by atoms with Crippen molar-refractivity contribution in [1.82, 2.24) is 14.1 Å². The largest absolute Gasteiger partial charge is 0.458 e. The Kier molecular flexibility index (Phi) is 8.82. The van der Waals surface area contributed by atoms with Crippen LogP contribution in [0.1, 0.15) is 52.5 Å². The number of para-hydroxylation sites is 3. The average Bonchev–Trinajstić information content (AvgIpc) is 1.62. The molecule has 0 atom stereocenters. The molecule has 0 unspecified atom stereocenters. The number of pyridine rings is 1. The Hall–Kier alpha value is -10.6. The van der Waals surface area contributed by atoms with Gasteiger partial charge in [-0.05, 0) is 181 Å². The van der Waals surface area contributed by atoms with E-state index in [0.29, 0.717) is 56.2 Å². The zero-order valence-corrected chi connectivity index (χ0v) is 45.9. The second-order valence-electron chi connectivity index (χ2n) is 22.5. The maximum atomic E-state index is 9.59. The fourth-order valence-corrected chi connectivity index (χ4v) is 12.5. The van der Waals surface area contributed by atoms with Crippen molar-refractivity contribution in [3.05, 3.63) is 272 Å². The number of imidazole rings is 1. The number of nitrogens with zero attached hydrogens (tertiary/aromatic N) is 4. The van der Waals surface area contributed by atoms with Crippen molar-refractivity contribution >= 4 is 54.8 Å². The van der Waals surface area contributed by atoms with E-state index >= 15 is 0 Å². The molecule has 5 heterocycles. The average molecular weight is 1090 g/mol. The van der Waals surface area contributed by atoms with E-state index in [0.717, 1.165) is 82.9 Å². The highest BCUT2D eigenvalue weighted by Gasteiger charge is 2.29. The van der Waals surface area contributed by atoms with E-state index in [1.54, 1.807) is 18.2 Å². The molecule has 11 aromatic carbocycles. The number of aryl methyl sites for hydroxylation is 2. The van der Waals surface area contributed by atoms with Crippen molar-refractivity contribution < 1.29 is 28.8 Å². The summed E-state index contributed by atoms with van der Waals surface area (Å²) in [4.78, 5) is 4.91. The van der Waals surface area contributed by atoms with Crippen molar-refractivity contribution in [2.75, 3.05) is 0 Å². The van der Waals surface area contributed by atoms with Crippen LogP contribution >= 0.6 is 0 Å². The fraction of sp³-hybridized carbons (Fsp3) is 0.0769. The molecule has 84 heavy (non-hydrogen) atoms. The predicted octanol–water partition coefficient (Wildman–Crippen LogP) is 20.1. The first-order chi connectivity index (χ1) is 45.6. The van der Waals surface area contributed by atoms with Crippen LogP contribution in [0, 0.1) is 20.0 Å². The lowest BCUT2D eigenvalue weighted by molar-refractivity contribution is -0.570. The van der Waals surface area contributed by atoms with Crippen molar-refractivity contribution in [2.45, 2.75) is 39.9 Å². The maximum absolute atomic E-state index is 9.59. The van der Waals surface area contributed by atoms with Gasteiger partial charge in [-0.1, -0.05) is 178 Å². The second-order valence-corrected chi connectivity index (χ2v) is 22.5. The Morgan fingerprint density at radius 2 is 1.19 bits per heavy atom. The molecule has 4 aromatic heterocycles. The van der Waals surface area contributed by atoms with Crippen LogP contribution in [-0.4, -0.2) is 14.1 Å². The number of hydrogen-bond acceptors (Lipinski definition) is 3. The smallest absolute Gasteiger partial charge is 0.269 e. The van der Waals surface area contributed by atoms with Gasteiger partial charge in [0, 0.05) is 42.0 Å². The van der Waals surface area contributed by atoms with Crippen LogP contribution in [0.2, 0.25) is 0 Å². The van der Waals surface area contributed by atoms with Gasteiger partial charge in [0.25, 0.3) is 6.33 Å². The third kappa shape index (κ3) is 7.93. The molecule has 400 valence electrons. The summed E-state index contributed by atoms with van der Waals surface area (Å²) in [6, 6.07) is 65.4. The van der Waals surface area contributed by atoms with E-state index in [9.17, 15) is 2.74 Å². The molecule has 16 rings (SSSR count). The van der Waals surface area contributed by atoms with Gasteiger partial charge < -0.3 is 9.15 Å². The lowest BCUT2D eigenvalue weighted by atomic mass is 9.85. The van der Waals surface area contributed by atoms with Crippen LogP contribution in [0.25, 0.3) is 139 Å². The monoisotopic (exact) mass is 1090 g/mol. The van der Waals surface area contributed by atoms with Gasteiger partial charge >= 0.3 is 0 Å². The molecule has 0 bridgehead atoms. The van der Waals surface area contributed by atoms with Crippen molar-refractivity contribution in [1.29, 1.82) is 0 Å². The molecule has 1 aliphatic rings. The van der Waals surface area contributed by atoms with Crippen molar-refractivity contribution in [2.24, 2.45) is 0 Å². The first kappa shape index (κ1) is 39.0. The van der Waals surface area contributed by atoms with Crippen LogP contribution in [0.15, 0.2) is 253 Å². The highest BCUT2D eigenvalue weighted by molar-refractivity contribution is 6.10. The van der Waals surface area contributed by atoms with Gasteiger partial charge in [0.15, 0.2) is 0 Å². The van der Waals surface area contributed by atoms with Crippen molar-refractivity contribution in [3.63, 3.8) is 0 Å². The number of ether oxygens (including phenoxy) is 1. The highest BCUT2D eigenvalue weighted by atomic mass is 16.5. The Labute approximate surface area is 502 Å². The third-order valence-corrected chi connectivity index (χ3v) is 16.5. The zero-order valence-electron chi connectivity index (χ0n) is 56.9. The molecule has 0 saturated heterocycles. The molecule has 0 saturated carbocycles. The molecule has 6 nitrogen and oxygen atoms in total. The molecule has 0 amide bonds. The molecule has 6 heteroatoms. The zero-order chi connectivity index (χ0) is 65.7. The fourth-order valence-electron chi connectivity index (χ4n) is 12.5. The summed E-state index contributed by atoms with van der Waals surface area (Å²) in [6.45, 7) is 1.12. The predicted molar refractivity (Wildman–Crippen MR) is 344 cm³/mol. The Morgan fingerprint density at radius 1 is 0.500 bits per heavy atom. The molecule has 15 aromatic rings. The highest BCUT2D eigenvalue weighted by Crippen LogP contribution is 2.48. The van der Waals surface area contributed by atoms with E-state index in [1.165, 1.54) is 18.2 Å². The standard InChI is InChI=1S/C78H56N4O2/c1-48-18-15-19-49(2)75(48)52-32-35-61-59-24-9-10-25-60(59)68-42-53(51-33-37-73-67(40-51)64-27-12-14-31-72(64)84-73)43-71-77(68)81(76-58(50-20-7-6-8-21-50)28-17-29-65(76)66(61)41-52)47-80(71)55-22-16-23-56(45-55)83-57-34-36-63-62-26-11-13-30-69(62)82(70(63)46-57)74-44-54(38-39-79-74)78(3,4)5/h6-46H,1-5H3/i1D3,2D3,6D,7D,8D,20D,21D. The number of fused-ring (bicyclic) bond motifs is 13. The molecule has 1 aliphatic heterocycles. The Bertz CT molecular complexity index is 5690. The molecule has 0 radical (unpaired) electrons. The molecule has 0 N–H and O–H groups in total. The molecule has 0 fully saturated rings. The van der Waals surface area contributed by atoms with E-state index < -0.39 is 43.9 Å². The first-order valence-electron chi connectivity index (χ1n) is 33.4. The van der Waals surface area contributed by atoms with Gasteiger partial charge in [-0.25, -0.2) is 4.98 Å². The number of furan rings is 1. The number of aromatic nitrogens is 4. The number of hydrogen-bond donors (Lipinski definition) is 0. The first-order valence-corrected chi connectivity index (χ1v) is 27.9. The van der Waals surface area contributed by atoms with Crippen LogP contribution in [0.4, 0.5) is 0 Å². The second kappa shape index (κ2) is 19.0. The van der Waals surface area contributed by atoms with Gasteiger partial charge in [0.2, 0.25) is 0 Å². The summed E-state index contributed by atoms with van der Waals surface area (Å²) in [5.41, 5.74) is 12.8. The lowest BCUT2D eigenvalue weighted by Gasteiger charge is -2.20. The number of rotatable bonds is 7. The van der Waals surface area contributed by atoms with Gasteiger partial charge in [0.1, 0.15) is 28.5 Å². The summed E-state index contributed by atoms with van der Waals surface area (Å²) >= 11 is 0. The van der Waals surface area contributed by atoms with E-state index in [4.69, 9.17) is 26.5 Å². The molecule has 0 spiro atoms. The molecular weight excluding hydrogens is 1020 g/mol. The Balaban J connectivity index is 0.984. The lowest BCUT2D eigenvalue weighted by Crippen LogP contribution is -2.32. The minimum atomic E-state index is -2.72. The van der Waals surface area contributed by atoms with Gasteiger partial charge in [0.05, 0.1) is 40.3 Å². The molecule has 0 aliphatic carbocycles. The third-order valence-electron chi connectivity index (χ3n) is 16.5. The maximum Gasteiger partial charge on any atom is 0.269 e. The topological polar surface area (TPSA) is 49.0 Å². The molecular formula is C78H56N4O2. The normalized spacial score (nSPS) is 14.3. The van der Waals surface area contributed by atoms with Crippen LogP contribution in [0.3, 0.4) is 0 Å². The van der Waals surface area contributed by atoms with E-state index in [1.807, 2.05) is 143 Å². The Morgan fingerprint density at radius 3 is 2.04 bits per heavy atom. The summed E-state index contributed by atoms with van der Waals surface area (Å²) in [5.74, 6) is 1.87. The van der Waals surface area contributed by atoms with Crippen molar-refractivity contribution in [3.8, 4) is 95.5 Å². The number of benzene rings is 11. The summed E-state index contributed by atoms with van der Waals surface area (Å²) in [7, 11) is 0. The summed E-state index contributed by atoms with van der Waals surface area (Å²) in [6.07, 6.45) is 5.66. The minimum absolute atomic E-state index is 0.0436. The SMILES string of the molecule is [2H]c1c([2H])c([2H])c(-c2cccc3c2-[n+]2[c-]n(-c4cccc(Oc5ccc6c7ccccc7n(-c7cc(C(C)(C)C)ccn7)c6c5)c4)c4cc(-c5ccc6oc7ccccc7c6c5)cc(c42)-c2ccccc2-c2ccc(-c4c(C([2H])([2H])[2H])cccc4C([2H])([2H])[2H])cc2-3)c([2H])c1[2H].